The van der Waals surface area contributed by atoms with Crippen molar-refractivity contribution >= 4 is 18.1 Å². The number of aromatic nitrogens is 1. The number of hydrazone groups is 1. The smallest absolute Gasteiger partial charge is 0.347 e. The molecule has 4 aromatic rings. The van der Waals surface area contributed by atoms with Crippen molar-refractivity contribution in [2.24, 2.45) is 5.10 Å². The molecule has 1 atom stereocenters. The van der Waals surface area contributed by atoms with Crippen molar-refractivity contribution in [3.63, 3.8) is 0 Å². The summed E-state index contributed by atoms with van der Waals surface area (Å²) < 4.78 is 35.2. The van der Waals surface area contributed by atoms with E-state index < -0.39 is 18.0 Å². The average Bonchev–Trinajstić information content (AvgIpc) is 3.62. The first-order valence-electron chi connectivity index (χ1n) is 13.6. The molecule has 11 nitrogen and oxygen atoms in total. The fourth-order valence-electron chi connectivity index (χ4n) is 4.30. The highest BCUT2D eigenvalue weighted by atomic mass is 16.6. The second-order valence-corrected chi connectivity index (χ2v) is 9.47. The van der Waals surface area contributed by atoms with E-state index in [4.69, 9.17) is 28.1 Å². The molecule has 2 aromatic heterocycles. The van der Waals surface area contributed by atoms with Gasteiger partial charge in [-0.2, -0.15) is 5.10 Å². The first-order valence-corrected chi connectivity index (χ1v) is 13.6. The van der Waals surface area contributed by atoms with Crippen LogP contribution in [0.4, 0.5) is 0 Å². The van der Waals surface area contributed by atoms with Gasteiger partial charge in [0.25, 0.3) is 0 Å². The lowest BCUT2D eigenvalue weighted by Gasteiger charge is -2.18. The van der Waals surface area contributed by atoms with Gasteiger partial charge in [-0.1, -0.05) is 0 Å². The number of carbonyl (C=O) groups is 2. The number of furan rings is 1. The Balaban J connectivity index is 1.34. The Bertz CT molecular complexity index is 1540. The molecule has 0 spiro atoms. The molecule has 0 fully saturated rings. The second kappa shape index (κ2) is 14.1. The summed E-state index contributed by atoms with van der Waals surface area (Å²) in [7, 11) is 2.91. The number of hydrogen-bond acceptors (Lipinski definition) is 9. The molecule has 0 aliphatic heterocycles. The van der Waals surface area contributed by atoms with Gasteiger partial charge >= 0.3 is 11.9 Å². The summed E-state index contributed by atoms with van der Waals surface area (Å²) >= 11 is 0. The molecule has 0 bridgehead atoms. The monoisotopic (exact) mass is 589 g/mol. The van der Waals surface area contributed by atoms with Crippen LogP contribution in [0, 0.1) is 13.8 Å². The fourth-order valence-corrected chi connectivity index (χ4v) is 4.30. The number of rotatable bonds is 13. The quantitative estimate of drug-likeness (QED) is 0.125. The summed E-state index contributed by atoms with van der Waals surface area (Å²) in [6.45, 7) is 7.79. The Morgan fingerprint density at radius 1 is 0.977 bits per heavy atom. The number of nitrogens with zero attached hydrogens (tertiary/aromatic N) is 2. The topological polar surface area (TPSA) is 123 Å². The number of carbonyl (C=O) groups excluding carboxylic acids is 2. The predicted molar refractivity (Wildman–Crippen MR) is 160 cm³/mol. The van der Waals surface area contributed by atoms with Gasteiger partial charge in [0.15, 0.2) is 23.4 Å². The van der Waals surface area contributed by atoms with Gasteiger partial charge in [-0.3, -0.25) is 4.79 Å². The van der Waals surface area contributed by atoms with Gasteiger partial charge in [0, 0.05) is 22.6 Å². The molecule has 1 N–H and O–H groups in total. The molecule has 1 amide bonds. The van der Waals surface area contributed by atoms with E-state index in [1.165, 1.54) is 20.4 Å². The van der Waals surface area contributed by atoms with Crippen LogP contribution in [0.1, 0.15) is 47.1 Å². The molecule has 226 valence electrons. The summed E-state index contributed by atoms with van der Waals surface area (Å²) in [5, 5.41) is 4.01. The Morgan fingerprint density at radius 2 is 1.63 bits per heavy atom. The average molecular weight is 590 g/mol. The number of aryl methyl sites for hydroxylation is 2. The van der Waals surface area contributed by atoms with Crippen LogP contribution in [0.5, 0.6) is 23.0 Å². The van der Waals surface area contributed by atoms with E-state index in [1.54, 1.807) is 38.1 Å². The molecular weight excluding hydrogens is 554 g/mol. The Morgan fingerprint density at radius 3 is 2.23 bits per heavy atom. The zero-order chi connectivity index (χ0) is 30.9. The minimum Gasteiger partial charge on any atom is -0.493 e. The number of esters is 1. The van der Waals surface area contributed by atoms with Crippen molar-refractivity contribution in [3.8, 4) is 28.7 Å². The van der Waals surface area contributed by atoms with Gasteiger partial charge in [-0.15, -0.1) is 0 Å². The molecule has 2 heterocycles. The van der Waals surface area contributed by atoms with E-state index in [2.05, 4.69) is 41.1 Å². The van der Waals surface area contributed by atoms with Gasteiger partial charge in [0.05, 0.1) is 27.0 Å². The summed E-state index contributed by atoms with van der Waals surface area (Å²) in [6.07, 6.45) is 0.531. The number of methoxy groups -OCH3 is 2. The number of hydrogen-bond donors (Lipinski definition) is 1. The van der Waals surface area contributed by atoms with Crippen molar-refractivity contribution in [1.29, 1.82) is 0 Å². The highest BCUT2D eigenvalue weighted by Gasteiger charge is 2.22. The Kier molecular flexibility index (Phi) is 10.1. The van der Waals surface area contributed by atoms with Crippen LogP contribution in [-0.2, 0) is 16.1 Å². The number of amides is 1. The Hall–Kier alpha value is -5.19. The zero-order valence-corrected chi connectivity index (χ0v) is 25.0. The van der Waals surface area contributed by atoms with Crippen LogP contribution in [0.25, 0.3) is 5.69 Å². The summed E-state index contributed by atoms with van der Waals surface area (Å²) in [4.78, 5) is 24.6. The molecule has 43 heavy (non-hydrogen) atoms. The standard InChI is InChI=1S/C32H35N3O8/c1-7-40-32(37)22(4)42-30-28(38-5)16-23(17-29(30)39-6)18-33-34-31(36)27-15-14-26(43-27)19-41-25-12-10-24(11-13-25)35-20(2)8-9-21(35)3/h8-18,22H,7,19H2,1-6H3,(H,34,36)/b33-18+/t22-/m0/s1. The third-order valence-electron chi connectivity index (χ3n) is 6.41. The third kappa shape index (κ3) is 7.56. The predicted octanol–water partition coefficient (Wildman–Crippen LogP) is 5.38. The number of benzene rings is 2. The molecule has 0 aliphatic rings. The zero-order valence-electron chi connectivity index (χ0n) is 25.0. The SMILES string of the molecule is CCOC(=O)[C@H](C)Oc1c(OC)cc(/C=N/NC(=O)c2ccc(COc3ccc(-n4c(C)ccc4C)cc3)o2)cc1OC. The van der Waals surface area contributed by atoms with Crippen molar-refractivity contribution in [2.75, 3.05) is 20.8 Å². The van der Waals surface area contributed by atoms with Gasteiger partial charge in [0.1, 0.15) is 18.1 Å². The molecule has 0 unspecified atom stereocenters. The molecule has 2 aromatic carbocycles. The van der Waals surface area contributed by atoms with Crippen LogP contribution in [0.2, 0.25) is 0 Å². The van der Waals surface area contributed by atoms with Crippen molar-refractivity contribution in [2.45, 2.75) is 40.4 Å². The normalized spacial score (nSPS) is 11.7. The van der Waals surface area contributed by atoms with Crippen LogP contribution in [-0.4, -0.2) is 49.6 Å². The van der Waals surface area contributed by atoms with Gasteiger partial charge in [-0.05, 0) is 88.4 Å². The van der Waals surface area contributed by atoms with E-state index in [0.29, 0.717) is 28.6 Å². The van der Waals surface area contributed by atoms with Gasteiger partial charge < -0.3 is 32.7 Å². The highest BCUT2D eigenvalue weighted by molar-refractivity contribution is 5.92. The van der Waals surface area contributed by atoms with E-state index in [0.717, 1.165) is 17.1 Å². The van der Waals surface area contributed by atoms with Gasteiger partial charge in [0.2, 0.25) is 5.75 Å². The lowest BCUT2D eigenvalue weighted by Crippen LogP contribution is -2.26. The molecule has 11 heteroatoms. The van der Waals surface area contributed by atoms with Crippen molar-refractivity contribution in [1.82, 2.24) is 9.99 Å². The van der Waals surface area contributed by atoms with Crippen molar-refractivity contribution in [3.05, 3.63) is 89.1 Å². The second-order valence-electron chi connectivity index (χ2n) is 9.47. The minimum atomic E-state index is -0.880. The number of ether oxygens (including phenoxy) is 5. The van der Waals surface area contributed by atoms with E-state index in [-0.39, 0.29) is 24.7 Å². The maximum atomic E-state index is 12.6. The number of nitrogens with one attached hydrogen (secondary N) is 1. The molecule has 0 aliphatic carbocycles. The van der Waals surface area contributed by atoms with Crippen LogP contribution in [0.15, 0.2) is 70.2 Å². The summed E-state index contributed by atoms with van der Waals surface area (Å²) in [5.74, 6) is 1.04. The maximum absolute atomic E-state index is 12.6. The molecule has 4 rings (SSSR count). The van der Waals surface area contributed by atoms with Crippen LogP contribution >= 0.6 is 0 Å². The molecule has 0 radical (unpaired) electrons. The van der Waals surface area contributed by atoms with Gasteiger partial charge in [-0.25, -0.2) is 10.2 Å². The molecular formula is C32H35N3O8. The third-order valence-corrected chi connectivity index (χ3v) is 6.41. The van der Waals surface area contributed by atoms with Crippen LogP contribution in [0.3, 0.4) is 0 Å². The van der Waals surface area contributed by atoms with E-state index in [9.17, 15) is 9.59 Å². The first-order chi connectivity index (χ1) is 20.7. The molecule has 0 saturated carbocycles. The van der Waals surface area contributed by atoms with E-state index in [1.807, 2.05) is 24.3 Å². The molecule has 0 saturated heterocycles. The maximum Gasteiger partial charge on any atom is 0.347 e. The Labute approximate surface area is 250 Å². The lowest BCUT2D eigenvalue weighted by atomic mass is 10.2. The minimum absolute atomic E-state index is 0.0801. The highest BCUT2D eigenvalue weighted by Crippen LogP contribution is 2.39. The lowest BCUT2D eigenvalue weighted by molar-refractivity contribution is -0.150. The van der Waals surface area contributed by atoms with E-state index >= 15 is 0 Å². The van der Waals surface area contributed by atoms with Crippen molar-refractivity contribution < 1.29 is 37.7 Å². The largest absolute Gasteiger partial charge is 0.493 e. The summed E-state index contributed by atoms with van der Waals surface area (Å²) in [5.41, 5.74) is 6.34. The first kappa shape index (κ1) is 30.8. The van der Waals surface area contributed by atoms with Crippen LogP contribution < -0.4 is 24.4 Å². The summed E-state index contributed by atoms with van der Waals surface area (Å²) in [6, 6.07) is 18.4. The fraction of sp³-hybridized carbons (Fsp3) is 0.281.